The lowest BCUT2D eigenvalue weighted by atomic mass is 10.1. The minimum atomic E-state index is -0.319. The van der Waals surface area contributed by atoms with Gasteiger partial charge in [-0.1, -0.05) is 12.1 Å². The molecular weight excluding hydrogens is 481 g/mol. The quantitative estimate of drug-likeness (QED) is 0.376. The van der Waals surface area contributed by atoms with Crippen LogP contribution in [-0.4, -0.2) is 45.5 Å². The third kappa shape index (κ3) is 4.68. The molecule has 150 valence electrons. The number of halogens is 1. The van der Waals surface area contributed by atoms with Crippen molar-refractivity contribution in [2.75, 3.05) is 13.1 Å². The van der Waals surface area contributed by atoms with Crippen LogP contribution in [-0.2, 0) is 6.54 Å². The highest BCUT2D eigenvalue weighted by atomic mass is 127. The Morgan fingerprint density at radius 3 is 2.59 bits per heavy atom. The minimum absolute atomic E-state index is 0.160. The third-order valence-electron chi connectivity index (χ3n) is 5.25. The van der Waals surface area contributed by atoms with Crippen LogP contribution in [0.1, 0.15) is 24.0 Å². The molecule has 0 radical (unpaired) electrons. The molecule has 29 heavy (non-hydrogen) atoms. The third-order valence-corrected chi connectivity index (χ3v) is 5.92. The Labute approximate surface area is 182 Å². The molecule has 0 amide bonds. The largest absolute Gasteiger partial charge is 0.494 e. The number of piperidine rings is 1. The predicted molar refractivity (Wildman–Crippen MR) is 123 cm³/mol. The number of benzene rings is 2. The SMILES string of the molecule is O=c1[nH]c(O)c(C=Nc2ccc(CN3CCC(O)CC3)cc2)c2cc(I)ccc12. The first kappa shape index (κ1) is 20.1. The van der Waals surface area contributed by atoms with Crippen LogP contribution in [0.2, 0.25) is 0 Å². The number of aromatic hydroxyl groups is 1. The second-order valence-electron chi connectivity index (χ2n) is 7.34. The normalized spacial score (nSPS) is 16.1. The molecule has 3 N–H and O–H groups in total. The van der Waals surface area contributed by atoms with Crippen LogP contribution < -0.4 is 5.56 Å². The first-order valence-corrected chi connectivity index (χ1v) is 10.7. The van der Waals surface area contributed by atoms with E-state index >= 15 is 0 Å². The molecule has 0 spiro atoms. The molecule has 0 saturated carbocycles. The Hall–Kier alpha value is -2.23. The Bertz CT molecular complexity index is 1100. The highest BCUT2D eigenvalue weighted by Gasteiger charge is 2.16. The van der Waals surface area contributed by atoms with Crippen LogP contribution in [0.25, 0.3) is 10.8 Å². The molecule has 1 saturated heterocycles. The molecule has 3 aromatic rings. The molecule has 1 aromatic heterocycles. The number of pyridine rings is 1. The van der Waals surface area contributed by atoms with Crippen molar-refractivity contribution in [2.24, 2.45) is 4.99 Å². The van der Waals surface area contributed by atoms with E-state index in [4.69, 9.17) is 0 Å². The monoisotopic (exact) mass is 503 g/mol. The van der Waals surface area contributed by atoms with Gasteiger partial charge in [0, 0.05) is 40.2 Å². The molecule has 0 aliphatic carbocycles. The topological polar surface area (TPSA) is 88.9 Å². The summed E-state index contributed by atoms with van der Waals surface area (Å²) in [5.74, 6) is -0.183. The van der Waals surface area contributed by atoms with Crippen LogP contribution in [0.3, 0.4) is 0 Å². The number of aliphatic hydroxyl groups excluding tert-OH is 1. The zero-order valence-electron chi connectivity index (χ0n) is 15.8. The lowest BCUT2D eigenvalue weighted by Crippen LogP contribution is -2.35. The second-order valence-corrected chi connectivity index (χ2v) is 8.58. The van der Waals surface area contributed by atoms with Gasteiger partial charge in [-0.15, -0.1) is 0 Å². The fraction of sp³-hybridized carbons (Fsp3) is 0.273. The molecule has 1 fully saturated rings. The van der Waals surface area contributed by atoms with E-state index in [0.717, 1.165) is 41.7 Å². The Morgan fingerprint density at radius 1 is 1.14 bits per heavy atom. The maximum Gasteiger partial charge on any atom is 0.258 e. The van der Waals surface area contributed by atoms with Gasteiger partial charge in [0.05, 0.1) is 17.4 Å². The predicted octanol–water partition coefficient (Wildman–Crippen LogP) is 3.55. The van der Waals surface area contributed by atoms with Gasteiger partial charge >= 0.3 is 0 Å². The molecule has 0 bridgehead atoms. The number of nitrogens with one attached hydrogen (secondary N) is 1. The van der Waals surface area contributed by atoms with Gasteiger partial charge in [0.1, 0.15) is 0 Å². The Kier molecular flexibility index (Phi) is 5.98. The highest BCUT2D eigenvalue weighted by Crippen LogP contribution is 2.24. The van der Waals surface area contributed by atoms with E-state index in [1.54, 1.807) is 12.3 Å². The minimum Gasteiger partial charge on any atom is -0.494 e. The van der Waals surface area contributed by atoms with E-state index in [-0.39, 0.29) is 17.5 Å². The number of hydrogen-bond donors (Lipinski definition) is 3. The molecule has 0 atom stereocenters. The first-order chi connectivity index (χ1) is 14.0. The Balaban J connectivity index is 1.54. The van der Waals surface area contributed by atoms with Gasteiger partial charge in [-0.25, -0.2) is 0 Å². The molecular formula is C22H22IN3O3. The number of aliphatic imine (C=N–C) groups is 1. The smallest absolute Gasteiger partial charge is 0.258 e. The average Bonchev–Trinajstić information content (AvgIpc) is 2.70. The molecule has 6 nitrogen and oxygen atoms in total. The van der Waals surface area contributed by atoms with Gasteiger partial charge in [-0.05, 0) is 71.3 Å². The number of hydrogen-bond acceptors (Lipinski definition) is 5. The Morgan fingerprint density at radius 2 is 1.86 bits per heavy atom. The number of nitrogens with zero attached hydrogens (tertiary/aromatic N) is 2. The van der Waals surface area contributed by atoms with Crippen LogP contribution in [0.15, 0.2) is 52.3 Å². The lowest BCUT2D eigenvalue weighted by molar-refractivity contribution is 0.0792. The summed E-state index contributed by atoms with van der Waals surface area (Å²) in [6, 6.07) is 13.5. The van der Waals surface area contributed by atoms with Crippen LogP contribution >= 0.6 is 22.6 Å². The summed E-state index contributed by atoms with van der Waals surface area (Å²) in [6.45, 7) is 2.69. The summed E-state index contributed by atoms with van der Waals surface area (Å²) in [5.41, 5.74) is 2.15. The van der Waals surface area contributed by atoms with E-state index < -0.39 is 0 Å². The van der Waals surface area contributed by atoms with Crippen molar-refractivity contribution in [3.63, 3.8) is 0 Å². The van der Waals surface area contributed by atoms with Gasteiger partial charge in [0.25, 0.3) is 5.56 Å². The van der Waals surface area contributed by atoms with Gasteiger partial charge in [0.2, 0.25) is 5.88 Å². The summed E-state index contributed by atoms with van der Waals surface area (Å²) < 4.78 is 0.976. The number of fused-ring (bicyclic) bond motifs is 1. The van der Waals surface area contributed by atoms with Crippen molar-refractivity contribution >= 4 is 45.3 Å². The van der Waals surface area contributed by atoms with Crippen molar-refractivity contribution in [3.8, 4) is 5.88 Å². The average molecular weight is 503 g/mol. The van der Waals surface area contributed by atoms with Gasteiger partial charge in [0.15, 0.2) is 0 Å². The van der Waals surface area contributed by atoms with E-state index in [1.165, 1.54) is 5.56 Å². The van der Waals surface area contributed by atoms with E-state index in [9.17, 15) is 15.0 Å². The highest BCUT2D eigenvalue weighted by molar-refractivity contribution is 14.1. The van der Waals surface area contributed by atoms with Crippen molar-refractivity contribution < 1.29 is 10.2 Å². The number of aliphatic hydroxyl groups is 1. The van der Waals surface area contributed by atoms with Gasteiger partial charge in [-0.2, -0.15) is 0 Å². The zero-order valence-corrected chi connectivity index (χ0v) is 18.0. The number of aromatic amines is 1. The molecule has 2 aromatic carbocycles. The summed E-state index contributed by atoms with van der Waals surface area (Å²) in [5, 5.41) is 21.0. The summed E-state index contributed by atoms with van der Waals surface area (Å²) in [4.78, 5) is 21.4. The van der Waals surface area contributed by atoms with Gasteiger partial charge in [-0.3, -0.25) is 19.7 Å². The van der Waals surface area contributed by atoms with Crippen molar-refractivity contribution in [1.82, 2.24) is 9.88 Å². The molecule has 4 rings (SSSR count). The maximum atomic E-state index is 12.1. The standard InChI is InChI=1S/C22H22IN3O3/c23-15-3-6-18-19(11-15)20(22(29)25-21(18)28)12-24-16-4-1-14(2-5-16)13-26-9-7-17(27)8-10-26/h1-6,11-12,17,27H,7-10,13H2,(H2,25,28,29). The number of aromatic nitrogens is 1. The molecule has 7 heteroatoms. The van der Waals surface area contributed by atoms with Crippen LogP contribution in [0, 0.1) is 3.57 Å². The van der Waals surface area contributed by atoms with E-state index in [0.29, 0.717) is 16.3 Å². The number of likely N-dealkylation sites (tertiary alicyclic amines) is 1. The number of rotatable bonds is 4. The lowest BCUT2D eigenvalue weighted by Gasteiger charge is -2.29. The van der Waals surface area contributed by atoms with Crippen LogP contribution in [0.5, 0.6) is 5.88 Å². The summed E-state index contributed by atoms with van der Waals surface area (Å²) in [7, 11) is 0. The summed E-state index contributed by atoms with van der Waals surface area (Å²) in [6.07, 6.45) is 3.09. The van der Waals surface area contributed by atoms with Crippen molar-refractivity contribution in [3.05, 3.63) is 67.5 Å². The molecule has 1 aliphatic rings. The maximum absolute atomic E-state index is 12.1. The molecule has 1 aliphatic heterocycles. The van der Waals surface area contributed by atoms with E-state index in [2.05, 4.69) is 37.5 Å². The van der Waals surface area contributed by atoms with Crippen LogP contribution in [0.4, 0.5) is 5.69 Å². The number of H-pyrrole nitrogens is 1. The van der Waals surface area contributed by atoms with E-state index in [1.807, 2.05) is 36.4 Å². The van der Waals surface area contributed by atoms with Crippen molar-refractivity contribution in [1.29, 1.82) is 0 Å². The zero-order chi connectivity index (χ0) is 20.4. The first-order valence-electron chi connectivity index (χ1n) is 9.57. The fourth-order valence-corrected chi connectivity index (χ4v) is 4.09. The van der Waals surface area contributed by atoms with Crippen molar-refractivity contribution in [2.45, 2.75) is 25.5 Å². The second kappa shape index (κ2) is 8.64. The van der Waals surface area contributed by atoms with Gasteiger partial charge < -0.3 is 10.2 Å². The summed E-state index contributed by atoms with van der Waals surface area (Å²) >= 11 is 2.18. The molecule has 2 heterocycles. The fourth-order valence-electron chi connectivity index (χ4n) is 3.60. The molecule has 0 unspecified atom stereocenters.